The van der Waals surface area contributed by atoms with Crippen LogP contribution in [0.15, 0.2) is 24.1 Å². The maximum absolute atomic E-state index is 11.4. The number of amides is 1. The maximum Gasteiger partial charge on any atom is 0.407 e. The topological polar surface area (TPSA) is 38.3 Å². The Morgan fingerprint density at radius 1 is 1.59 bits per heavy atom. The van der Waals surface area contributed by atoms with Crippen LogP contribution in [0.25, 0.3) is 0 Å². The fraction of sp³-hybridized carbons (Fsp3) is 0.462. The van der Waals surface area contributed by atoms with E-state index in [1.54, 1.807) is 11.3 Å². The van der Waals surface area contributed by atoms with Crippen LogP contribution in [-0.2, 0) is 17.7 Å². The molecule has 0 atom stereocenters. The summed E-state index contributed by atoms with van der Waals surface area (Å²) in [5.74, 6) is 0. The Morgan fingerprint density at radius 2 is 2.29 bits per heavy atom. The zero-order chi connectivity index (χ0) is 12.9. The molecule has 0 radical (unpaired) electrons. The van der Waals surface area contributed by atoms with Gasteiger partial charge >= 0.3 is 6.09 Å². The predicted molar refractivity (Wildman–Crippen MR) is 71.3 cm³/mol. The summed E-state index contributed by atoms with van der Waals surface area (Å²) in [5.41, 5.74) is 0.777. The van der Waals surface area contributed by atoms with Gasteiger partial charge in [-0.05, 0) is 44.2 Å². The minimum absolute atomic E-state index is 0.379. The molecule has 4 heteroatoms. The average Bonchev–Trinajstić information content (AvgIpc) is 2.61. The van der Waals surface area contributed by atoms with Crippen molar-refractivity contribution < 1.29 is 9.53 Å². The standard InChI is InChI=1S/C13H19NO2S/c1-5-6-10-7-11(17-9-10)8-14-12(15)16-13(2,3)4/h5,7,9H,1,6,8H2,2-4H3,(H,14,15). The van der Waals surface area contributed by atoms with Crippen LogP contribution in [0.5, 0.6) is 0 Å². The second-order valence-electron chi connectivity index (χ2n) is 4.77. The van der Waals surface area contributed by atoms with E-state index in [9.17, 15) is 4.79 Å². The quantitative estimate of drug-likeness (QED) is 0.834. The van der Waals surface area contributed by atoms with Gasteiger partial charge in [0.15, 0.2) is 0 Å². The van der Waals surface area contributed by atoms with E-state index in [0.29, 0.717) is 6.54 Å². The Labute approximate surface area is 106 Å². The maximum atomic E-state index is 11.4. The number of allylic oxidation sites excluding steroid dienone is 1. The minimum Gasteiger partial charge on any atom is -0.444 e. The van der Waals surface area contributed by atoms with Gasteiger partial charge < -0.3 is 10.1 Å². The van der Waals surface area contributed by atoms with Gasteiger partial charge in [0.25, 0.3) is 0 Å². The molecule has 1 aromatic heterocycles. The van der Waals surface area contributed by atoms with Gasteiger partial charge in [0.05, 0.1) is 6.54 Å². The molecule has 17 heavy (non-hydrogen) atoms. The monoisotopic (exact) mass is 253 g/mol. The van der Waals surface area contributed by atoms with Crippen LogP contribution in [0, 0.1) is 0 Å². The largest absolute Gasteiger partial charge is 0.444 e. The third-order valence-corrected chi connectivity index (χ3v) is 2.88. The first-order valence-corrected chi connectivity index (χ1v) is 6.43. The van der Waals surface area contributed by atoms with Crippen molar-refractivity contribution in [2.24, 2.45) is 0 Å². The van der Waals surface area contributed by atoms with Gasteiger partial charge in [-0.15, -0.1) is 17.9 Å². The number of thiophene rings is 1. The van der Waals surface area contributed by atoms with Crippen molar-refractivity contribution in [3.8, 4) is 0 Å². The zero-order valence-electron chi connectivity index (χ0n) is 10.6. The lowest BCUT2D eigenvalue weighted by atomic mass is 10.2. The second-order valence-corrected chi connectivity index (χ2v) is 5.77. The molecule has 1 amide bonds. The molecule has 0 spiro atoms. The highest BCUT2D eigenvalue weighted by atomic mass is 32.1. The molecule has 1 rings (SSSR count). The number of alkyl carbamates (subject to hydrolysis) is 1. The highest BCUT2D eigenvalue weighted by Gasteiger charge is 2.15. The lowest BCUT2D eigenvalue weighted by molar-refractivity contribution is 0.0524. The molecule has 0 aliphatic heterocycles. The van der Waals surface area contributed by atoms with E-state index in [1.807, 2.05) is 26.8 Å². The summed E-state index contributed by atoms with van der Waals surface area (Å²) in [6, 6.07) is 2.07. The number of carbonyl (C=O) groups is 1. The van der Waals surface area contributed by atoms with Crippen molar-refractivity contribution in [2.45, 2.75) is 39.3 Å². The molecule has 0 aliphatic rings. The van der Waals surface area contributed by atoms with E-state index in [0.717, 1.165) is 11.3 Å². The molecule has 0 fully saturated rings. The molecular formula is C13H19NO2S. The number of rotatable bonds is 4. The van der Waals surface area contributed by atoms with Crippen LogP contribution in [0.4, 0.5) is 4.79 Å². The number of hydrogen-bond donors (Lipinski definition) is 1. The minimum atomic E-state index is -0.451. The van der Waals surface area contributed by atoms with Gasteiger partial charge in [-0.3, -0.25) is 0 Å². The summed E-state index contributed by atoms with van der Waals surface area (Å²) in [7, 11) is 0. The Balaban J connectivity index is 2.39. The Bertz CT molecular complexity index is 390. The predicted octanol–water partition coefficient (Wildman–Crippen LogP) is 3.50. The van der Waals surface area contributed by atoms with Crippen molar-refractivity contribution in [3.05, 3.63) is 34.5 Å². The molecule has 0 saturated carbocycles. The Morgan fingerprint density at radius 3 is 2.88 bits per heavy atom. The fourth-order valence-corrected chi connectivity index (χ4v) is 2.11. The zero-order valence-corrected chi connectivity index (χ0v) is 11.4. The van der Waals surface area contributed by atoms with E-state index in [2.05, 4.69) is 23.3 Å². The molecule has 0 saturated heterocycles. The summed E-state index contributed by atoms with van der Waals surface area (Å²) >= 11 is 1.63. The number of ether oxygens (including phenoxy) is 1. The molecule has 1 heterocycles. The van der Waals surface area contributed by atoms with Crippen molar-refractivity contribution in [1.82, 2.24) is 5.32 Å². The first-order chi connectivity index (χ1) is 7.90. The molecule has 94 valence electrons. The number of hydrogen-bond acceptors (Lipinski definition) is 3. The molecule has 0 unspecified atom stereocenters. The van der Waals surface area contributed by atoms with E-state index < -0.39 is 5.60 Å². The van der Waals surface area contributed by atoms with Gasteiger partial charge in [0.2, 0.25) is 0 Å². The number of nitrogens with one attached hydrogen (secondary N) is 1. The summed E-state index contributed by atoms with van der Waals surface area (Å²) in [4.78, 5) is 12.5. The summed E-state index contributed by atoms with van der Waals surface area (Å²) in [5, 5.41) is 4.81. The number of carbonyl (C=O) groups excluding carboxylic acids is 1. The van der Waals surface area contributed by atoms with Crippen molar-refractivity contribution in [1.29, 1.82) is 0 Å². The highest BCUT2D eigenvalue weighted by Crippen LogP contribution is 2.15. The van der Waals surface area contributed by atoms with Crippen molar-refractivity contribution in [2.75, 3.05) is 0 Å². The highest BCUT2D eigenvalue weighted by molar-refractivity contribution is 7.10. The Hall–Kier alpha value is -1.29. The van der Waals surface area contributed by atoms with Crippen LogP contribution in [0.1, 0.15) is 31.2 Å². The molecule has 1 N–H and O–H groups in total. The van der Waals surface area contributed by atoms with Gasteiger partial charge in [0.1, 0.15) is 5.60 Å². The fourth-order valence-electron chi connectivity index (χ4n) is 1.27. The first kappa shape index (κ1) is 13.8. The summed E-state index contributed by atoms with van der Waals surface area (Å²) in [6.07, 6.45) is 2.35. The third kappa shape index (κ3) is 5.54. The van der Waals surface area contributed by atoms with Gasteiger partial charge in [-0.25, -0.2) is 4.79 Å². The van der Waals surface area contributed by atoms with Crippen molar-refractivity contribution >= 4 is 17.4 Å². The molecule has 0 aromatic carbocycles. The van der Waals surface area contributed by atoms with E-state index >= 15 is 0 Å². The molecular weight excluding hydrogens is 234 g/mol. The summed E-state index contributed by atoms with van der Waals surface area (Å²) < 4.78 is 5.15. The molecule has 1 aromatic rings. The van der Waals surface area contributed by atoms with E-state index in [-0.39, 0.29) is 6.09 Å². The normalized spacial score (nSPS) is 11.0. The van der Waals surface area contributed by atoms with Crippen LogP contribution in [-0.4, -0.2) is 11.7 Å². The molecule has 3 nitrogen and oxygen atoms in total. The Kier molecular flexibility index (Phi) is 4.75. The lowest BCUT2D eigenvalue weighted by Gasteiger charge is -2.19. The van der Waals surface area contributed by atoms with Crippen LogP contribution >= 0.6 is 11.3 Å². The van der Waals surface area contributed by atoms with Gasteiger partial charge in [-0.2, -0.15) is 0 Å². The average molecular weight is 253 g/mol. The van der Waals surface area contributed by atoms with Crippen LogP contribution in [0.2, 0.25) is 0 Å². The van der Waals surface area contributed by atoms with Crippen LogP contribution < -0.4 is 5.32 Å². The van der Waals surface area contributed by atoms with Crippen molar-refractivity contribution in [3.63, 3.8) is 0 Å². The first-order valence-electron chi connectivity index (χ1n) is 5.55. The smallest absolute Gasteiger partial charge is 0.407 e. The summed E-state index contributed by atoms with van der Waals surface area (Å²) in [6.45, 7) is 9.75. The third-order valence-electron chi connectivity index (χ3n) is 1.89. The van der Waals surface area contributed by atoms with E-state index in [4.69, 9.17) is 4.74 Å². The second kappa shape index (κ2) is 5.87. The van der Waals surface area contributed by atoms with E-state index in [1.165, 1.54) is 5.56 Å². The molecule has 0 bridgehead atoms. The van der Waals surface area contributed by atoms with Gasteiger partial charge in [-0.1, -0.05) is 6.08 Å². The SMILES string of the molecule is C=CCc1csc(CNC(=O)OC(C)(C)C)c1. The van der Waals surface area contributed by atoms with Gasteiger partial charge in [0, 0.05) is 4.88 Å². The molecule has 0 aliphatic carbocycles. The lowest BCUT2D eigenvalue weighted by Crippen LogP contribution is -2.31. The van der Waals surface area contributed by atoms with Crippen LogP contribution in [0.3, 0.4) is 0 Å².